The van der Waals surface area contributed by atoms with E-state index in [9.17, 15) is 18.0 Å². The summed E-state index contributed by atoms with van der Waals surface area (Å²) in [5.74, 6) is 0.306. The van der Waals surface area contributed by atoms with Gasteiger partial charge in [-0.3, -0.25) is 4.79 Å². The van der Waals surface area contributed by atoms with E-state index in [1.165, 1.54) is 6.07 Å². The van der Waals surface area contributed by atoms with Gasteiger partial charge in [0.15, 0.2) is 6.29 Å². The maximum absolute atomic E-state index is 12.9. The molecule has 0 aromatic heterocycles. The molecule has 1 aliphatic heterocycles. The Balaban J connectivity index is 2.24. The first-order valence-corrected chi connectivity index (χ1v) is 6.48. The summed E-state index contributed by atoms with van der Waals surface area (Å²) in [6.07, 6.45) is -2.78. The van der Waals surface area contributed by atoms with E-state index in [0.29, 0.717) is 31.1 Å². The van der Waals surface area contributed by atoms with Gasteiger partial charge in [0.05, 0.1) is 5.56 Å². The summed E-state index contributed by atoms with van der Waals surface area (Å²) >= 11 is 0. The van der Waals surface area contributed by atoms with Crippen molar-refractivity contribution in [3.8, 4) is 0 Å². The van der Waals surface area contributed by atoms with E-state index in [1.807, 2.05) is 4.90 Å². The highest BCUT2D eigenvalue weighted by Crippen LogP contribution is 2.35. The minimum Gasteiger partial charge on any atom is -0.396 e. The predicted octanol–water partition coefficient (Wildman–Crippen LogP) is 2.73. The van der Waals surface area contributed by atoms with Crippen LogP contribution in [0.15, 0.2) is 18.2 Å². The van der Waals surface area contributed by atoms with E-state index in [1.54, 1.807) is 6.07 Å². The largest absolute Gasteiger partial charge is 0.417 e. The number of hydrogen-bond donors (Lipinski definition) is 1. The zero-order chi connectivity index (χ0) is 14.8. The van der Waals surface area contributed by atoms with Crippen molar-refractivity contribution in [3.05, 3.63) is 29.3 Å². The van der Waals surface area contributed by atoms with Gasteiger partial charge in [0.1, 0.15) is 0 Å². The second-order valence-corrected chi connectivity index (χ2v) is 5.00. The second kappa shape index (κ2) is 5.83. The molecule has 1 unspecified atom stereocenters. The molecule has 1 aliphatic rings. The van der Waals surface area contributed by atoms with Gasteiger partial charge in [0, 0.05) is 30.9 Å². The number of aldehydes is 1. The average Bonchev–Trinajstić information content (AvgIpc) is 2.86. The zero-order valence-electron chi connectivity index (χ0n) is 10.9. The number of alkyl halides is 3. The standard InChI is InChI=1S/C14H16F3NO2/c15-14(16,17)13-7-12(2-1-11(13)9-20)18-5-3-10(8-18)4-6-19/h1-2,7,9-10,19H,3-6,8H2. The SMILES string of the molecule is O=Cc1ccc(N2CCC(CCO)C2)cc1C(F)(F)F. The van der Waals surface area contributed by atoms with Crippen LogP contribution in [0.5, 0.6) is 0 Å². The van der Waals surface area contributed by atoms with Crippen molar-refractivity contribution >= 4 is 12.0 Å². The van der Waals surface area contributed by atoms with Crippen LogP contribution in [0, 0.1) is 5.92 Å². The number of rotatable bonds is 4. The van der Waals surface area contributed by atoms with Crippen LogP contribution in [0.2, 0.25) is 0 Å². The number of aliphatic hydroxyl groups is 1. The first-order valence-electron chi connectivity index (χ1n) is 6.48. The molecule has 1 N–H and O–H groups in total. The Hall–Kier alpha value is -1.56. The second-order valence-electron chi connectivity index (χ2n) is 5.00. The van der Waals surface area contributed by atoms with Gasteiger partial charge in [-0.2, -0.15) is 13.2 Å². The van der Waals surface area contributed by atoms with E-state index in [4.69, 9.17) is 5.11 Å². The maximum atomic E-state index is 12.9. The molecule has 0 aliphatic carbocycles. The Morgan fingerprint density at radius 1 is 1.40 bits per heavy atom. The highest BCUT2D eigenvalue weighted by Gasteiger charge is 2.34. The van der Waals surface area contributed by atoms with Crippen LogP contribution in [0.3, 0.4) is 0 Å². The van der Waals surface area contributed by atoms with Gasteiger partial charge < -0.3 is 10.0 Å². The van der Waals surface area contributed by atoms with E-state index in [0.717, 1.165) is 12.5 Å². The third kappa shape index (κ3) is 3.12. The Bertz CT molecular complexity index is 488. The first-order chi connectivity index (χ1) is 9.45. The lowest BCUT2D eigenvalue weighted by molar-refractivity contribution is -0.137. The number of nitrogens with zero attached hydrogens (tertiary/aromatic N) is 1. The highest BCUT2D eigenvalue weighted by molar-refractivity contribution is 5.79. The first kappa shape index (κ1) is 14.8. The minimum absolute atomic E-state index is 0.0936. The van der Waals surface area contributed by atoms with Gasteiger partial charge in [-0.1, -0.05) is 0 Å². The van der Waals surface area contributed by atoms with Gasteiger partial charge in [0.2, 0.25) is 0 Å². The van der Waals surface area contributed by atoms with Crippen molar-refractivity contribution in [3.63, 3.8) is 0 Å². The van der Waals surface area contributed by atoms with Gasteiger partial charge in [-0.15, -0.1) is 0 Å². The van der Waals surface area contributed by atoms with Crippen LogP contribution in [0.4, 0.5) is 18.9 Å². The van der Waals surface area contributed by atoms with Crippen LogP contribution in [-0.4, -0.2) is 31.1 Å². The summed E-state index contributed by atoms with van der Waals surface area (Å²) in [5.41, 5.74) is -0.758. The molecule has 20 heavy (non-hydrogen) atoms. The molecule has 0 bridgehead atoms. The Kier molecular flexibility index (Phi) is 4.32. The summed E-state index contributed by atoms with van der Waals surface area (Å²) in [7, 11) is 0. The van der Waals surface area contributed by atoms with Crippen LogP contribution < -0.4 is 4.90 Å². The normalized spacial score (nSPS) is 19.4. The predicted molar refractivity (Wildman–Crippen MR) is 68.9 cm³/mol. The smallest absolute Gasteiger partial charge is 0.396 e. The number of anilines is 1. The molecule has 1 aromatic rings. The zero-order valence-corrected chi connectivity index (χ0v) is 10.9. The summed E-state index contributed by atoms with van der Waals surface area (Å²) in [6, 6.07) is 3.79. The van der Waals surface area contributed by atoms with E-state index < -0.39 is 11.7 Å². The molecule has 1 heterocycles. The Morgan fingerprint density at radius 2 is 2.15 bits per heavy atom. The van der Waals surface area contributed by atoms with Crippen LogP contribution >= 0.6 is 0 Å². The molecular weight excluding hydrogens is 271 g/mol. The summed E-state index contributed by atoms with van der Waals surface area (Å²) in [5, 5.41) is 8.90. The molecular formula is C14H16F3NO2. The topological polar surface area (TPSA) is 40.5 Å². The molecule has 6 heteroatoms. The quantitative estimate of drug-likeness (QED) is 0.866. The number of hydrogen-bond acceptors (Lipinski definition) is 3. The highest BCUT2D eigenvalue weighted by atomic mass is 19.4. The molecule has 3 nitrogen and oxygen atoms in total. The monoisotopic (exact) mass is 287 g/mol. The molecule has 2 rings (SSSR count). The molecule has 0 spiro atoms. The van der Waals surface area contributed by atoms with Crippen molar-refractivity contribution in [2.75, 3.05) is 24.6 Å². The van der Waals surface area contributed by atoms with Gasteiger partial charge in [-0.05, 0) is 37.0 Å². The maximum Gasteiger partial charge on any atom is 0.417 e. The van der Waals surface area contributed by atoms with Gasteiger partial charge in [-0.25, -0.2) is 0 Å². The molecule has 0 saturated carbocycles. The molecule has 0 radical (unpaired) electrons. The molecule has 110 valence electrons. The molecule has 1 fully saturated rings. The number of benzene rings is 1. The lowest BCUT2D eigenvalue weighted by Gasteiger charge is -2.21. The fourth-order valence-corrected chi connectivity index (χ4v) is 2.57. The number of halogens is 3. The van der Waals surface area contributed by atoms with Crippen molar-refractivity contribution in [1.29, 1.82) is 0 Å². The van der Waals surface area contributed by atoms with Crippen molar-refractivity contribution < 1.29 is 23.1 Å². The average molecular weight is 287 g/mol. The van der Waals surface area contributed by atoms with Crippen LogP contribution in [-0.2, 0) is 6.18 Å². The minimum atomic E-state index is -4.53. The fraction of sp³-hybridized carbons (Fsp3) is 0.500. The Morgan fingerprint density at radius 3 is 2.75 bits per heavy atom. The summed E-state index contributed by atoms with van der Waals surface area (Å²) in [4.78, 5) is 12.6. The lowest BCUT2D eigenvalue weighted by Crippen LogP contribution is -2.21. The third-order valence-corrected chi connectivity index (χ3v) is 3.66. The van der Waals surface area contributed by atoms with Crippen molar-refractivity contribution in [1.82, 2.24) is 0 Å². The third-order valence-electron chi connectivity index (χ3n) is 3.66. The number of carbonyl (C=O) groups is 1. The molecule has 1 saturated heterocycles. The van der Waals surface area contributed by atoms with Gasteiger partial charge in [0.25, 0.3) is 0 Å². The van der Waals surface area contributed by atoms with E-state index in [2.05, 4.69) is 0 Å². The molecule has 1 atom stereocenters. The number of carbonyl (C=O) groups excluding carboxylic acids is 1. The van der Waals surface area contributed by atoms with E-state index >= 15 is 0 Å². The summed E-state index contributed by atoms with van der Waals surface area (Å²) in [6.45, 7) is 1.40. The fourth-order valence-electron chi connectivity index (χ4n) is 2.57. The van der Waals surface area contributed by atoms with Crippen molar-refractivity contribution in [2.24, 2.45) is 5.92 Å². The van der Waals surface area contributed by atoms with Gasteiger partial charge >= 0.3 is 6.18 Å². The molecule has 1 aromatic carbocycles. The van der Waals surface area contributed by atoms with Crippen LogP contribution in [0.25, 0.3) is 0 Å². The summed E-state index contributed by atoms with van der Waals surface area (Å²) < 4.78 is 38.7. The van der Waals surface area contributed by atoms with Crippen molar-refractivity contribution in [2.45, 2.75) is 19.0 Å². The Labute approximate surface area is 115 Å². The van der Waals surface area contributed by atoms with E-state index in [-0.39, 0.29) is 18.5 Å². The lowest BCUT2D eigenvalue weighted by atomic mass is 10.1. The molecule has 0 amide bonds. The number of aliphatic hydroxyl groups excluding tert-OH is 1. The van der Waals surface area contributed by atoms with Crippen LogP contribution in [0.1, 0.15) is 28.8 Å².